The van der Waals surface area contributed by atoms with E-state index in [1.54, 1.807) is 0 Å². The zero-order chi connectivity index (χ0) is 14.9. The lowest BCUT2D eigenvalue weighted by Crippen LogP contribution is -2.44. The molecule has 22 heavy (non-hydrogen) atoms. The molecule has 2 rings (SSSR count). The standard InChI is InChI=1S/C16H30N4O.HI/c1-2-17-16(19-14-8-4-3-5-9-14)18-11-7-13-20-12-6-10-15(20)21;/h14H,2-13H2,1H3,(H2,17,18,19);1H. The van der Waals surface area contributed by atoms with Crippen LogP contribution in [-0.4, -0.2) is 49.0 Å². The molecule has 0 aromatic carbocycles. The van der Waals surface area contributed by atoms with Crippen LogP contribution in [0.4, 0.5) is 0 Å². The van der Waals surface area contributed by atoms with Gasteiger partial charge in [-0.1, -0.05) is 19.3 Å². The van der Waals surface area contributed by atoms with E-state index in [2.05, 4.69) is 22.5 Å². The number of aliphatic imine (C=N–C) groups is 1. The predicted molar refractivity (Wildman–Crippen MR) is 102 cm³/mol. The van der Waals surface area contributed by atoms with E-state index in [9.17, 15) is 4.79 Å². The van der Waals surface area contributed by atoms with Gasteiger partial charge in [0.25, 0.3) is 0 Å². The summed E-state index contributed by atoms with van der Waals surface area (Å²) in [6, 6.07) is 0.580. The number of likely N-dealkylation sites (tertiary alicyclic amines) is 1. The summed E-state index contributed by atoms with van der Waals surface area (Å²) in [7, 11) is 0. The van der Waals surface area contributed by atoms with Crippen molar-refractivity contribution in [1.82, 2.24) is 15.5 Å². The minimum atomic E-state index is 0. The molecular formula is C16H31IN4O. The van der Waals surface area contributed by atoms with Gasteiger partial charge in [0.15, 0.2) is 5.96 Å². The zero-order valence-electron chi connectivity index (χ0n) is 13.8. The SMILES string of the molecule is CCNC(=NCCCN1CCCC1=O)NC1CCCCC1.I. The van der Waals surface area contributed by atoms with Crippen molar-refractivity contribution in [1.29, 1.82) is 0 Å². The fourth-order valence-corrected chi connectivity index (χ4v) is 3.15. The van der Waals surface area contributed by atoms with Crippen LogP contribution in [0.25, 0.3) is 0 Å². The van der Waals surface area contributed by atoms with Crippen molar-refractivity contribution in [3.8, 4) is 0 Å². The van der Waals surface area contributed by atoms with E-state index in [1.165, 1.54) is 32.1 Å². The van der Waals surface area contributed by atoms with E-state index >= 15 is 0 Å². The normalized spacial score (nSPS) is 20.0. The van der Waals surface area contributed by atoms with Crippen molar-refractivity contribution in [2.75, 3.05) is 26.2 Å². The molecule has 1 saturated heterocycles. The fourth-order valence-electron chi connectivity index (χ4n) is 3.15. The van der Waals surface area contributed by atoms with Crippen LogP contribution >= 0.6 is 24.0 Å². The summed E-state index contributed by atoms with van der Waals surface area (Å²) in [5.41, 5.74) is 0. The molecule has 1 aliphatic heterocycles. The summed E-state index contributed by atoms with van der Waals surface area (Å²) in [5.74, 6) is 1.25. The molecule has 0 aromatic rings. The third-order valence-corrected chi connectivity index (χ3v) is 4.32. The summed E-state index contributed by atoms with van der Waals surface area (Å²) in [5, 5.41) is 6.88. The van der Waals surface area contributed by atoms with Crippen LogP contribution < -0.4 is 10.6 Å². The highest BCUT2D eigenvalue weighted by Gasteiger charge is 2.19. The van der Waals surface area contributed by atoms with Crippen LogP contribution in [0.15, 0.2) is 4.99 Å². The van der Waals surface area contributed by atoms with Crippen molar-refractivity contribution in [2.45, 2.75) is 64.3 Å². The predicted octanol–water partition coefficient (Wildman–Crippen LogP) is 2.50. The molecule has 2 aliphatic rings. The van der Waals surface area contributed by atoms with Gasteiger partial charge in [0, 0.05) is 38.6 Å². The molecule has 1 amide bonds. The first kappa shape index (κ1) is 19.5. The van der Waals surface area contributed by atoms with Crippen LogP contribution in [0.3, 0.4) is 0 Å². The number of amides is 1. The smallest absolute Gasteiger partial charge is 0.222 e. The third kappa shape index (κ3) is 6.71. The molecule has 0 radical (unpaired) electrons. The maximum absolute atomic E-state index is 11.5. The van der Waals surface area contributed by atoms with Gasteiger partial charge in [-0.05, 0) is 32.6 Å². The highest BCUT2D eigenvalue weighted by atomic mass is 127. The van der Waals surface area contributed by atoms with Gasteiger partial charge in [0.2, 0.25) is 5.91 Å². The number of guanidine groups is 1. The first-order chi connectivity index (χ1) is 10.3. The Balaban J connectivity index is 0.00000242. The number of nitrogens with one attached hydrogen (secondary N) is 2. The molecule has 1 heterocycles. The summed E-state index contributed by atoms with van der Waals surface area (Å²) in [4.78, 5) is 18.2. The molecular weight excluding hydrogens is 391 g/mol. The van der Waals surface area contributed by atoms with Crippen molar-refractivity contribution in [3.05, 3.63) is 0 Å². The Morgan fingerprint density at radius 2 is 2.05 bits per heavy atom. The van der Waals surface area contributed by atoms with E-state index in [0.29, 0.717) is 11.9 Å². The van der Waals surface area contributed by atoms with E-state index in [0.717, 1.165) is 51.4 Å². The monoisotopic (exact) mass is 422 g/mol. The molecule has 0 bridgehead atoms. The average Bonchev–Trinajstić information content (AvgIpc) is 2.90. The van der Waals surface area contributed by atoms with Crippen LogP contribution in [0.5, 0.6) is 0 Å². The summed E-state index contributed by atoms with van der Waals surface area (Å²) >= 11 is 0. The van der Waals surface area contributed by atoms with Gasteiger partial charge < -0.3 is 15.5 Å². The molecule has 0 aromatic heterocycles. The molecule has 0 atom stereocenters. The van der Waals surface area contributed by atoms with E-state index in [-0.39, 0.29) is 24.0 Å². The molecule has 2 N–H and O–H groups in total. The largest absolute Gasteiger partial charge is 0.357 e. The second kappa shape index (κ2) is 11.1. The van der Waals surface area contributed by atoms with Crippen LogP contribution in [0.2, 0.25) is 0 Å². The van der Waals surface area contributed by atoms with Crippen molar-refractivity contribution >= 4 is 35.8 Å². The van der Waals surface area contributed by atoms with E-state index in [1.807, 2.05) is 4.90 Å². The number of carbonyl (C=O) groups is 1. The molecule has 1 saturated carbocycles. The van der Waals surface area contributed by atoms with Gasteiger partial charge in [0.1, 0.15) is 0 Å². The molecule has 0 spiro atoms. The van der Waals surface area contributed by atoms with E-state index in [4.69, 9.17) is 0 Å². The maximum Gasteiger partial charge on any atom is 0.222 e. The highest BCUT2D eigenvalue weighted by Crippen LogP contribution is 2.17. The number of rotatable bonds is 6. The van der Waals surface area contributed by atoms with Gasteiger partial charge in [-0.25, -0.2) is 0 Å². The fraction of sp³-hybridized carbons (Fsp3) is 0.875. The Bertz CT molecular complexity index is 356. The van der Waals surface area contributed by atoms with E-state index < -0.39 is 0 Å². The number of carbonyl (C=O) groups excluding carboxylic acids is 1. The molecule has 5 nitrogen and oxygen atoms in total. The van der Waals surface area contributed by atoms with Crippen molar-refractivity contribution in [3.63, 3.8) is 0 Å². The summed E-state index contributed by atoms with van der Waals surface area (Å²) in [6.45, 7) is 5.56. The Kier molecular flexibility index (Phi) is 9.82. The van der Waals surface area contributed by atoms with Gasteiger partial charge in [-0.2, -0.15) is 0 Å². The zero-order valence-corrected chi connectivity index (χ0v) is 16.1. The number of hydrogen-bond donors (Lipinski definition) is 2. The molecule has 0 unspecified atom stereocenters. The number of halogens is 1. The molecule has 6 heteroatoms. The number of nitrogens with zero attached hydrogens (tertiary/aromatic N) is 2. The lowest BCUT2D eigenvalue weighted by molar-refractivity contribution is -0.127. The first-order valence-electron chi connectivity index (χ1n) is 8.62. The van der Waals surface area contributed by atoms with Gasteiger partial charge in [0.05, 0.1) is 0 Å². The van der Waals surface area contributed by atoms with Crippen molar-refractivity contribution in [2.24, 2.45) is 4.99 Å². The first-order valence-corrected chi connectivity index (χ1v) is 8.62. The van der Waals surface area contributed by atoms with Crippen LogP contribution in [-0.2, 0) is 4.79 Å². The average molecular weight is 422 g/mol. The molecule has 2 fully saturated rings. The van der Waals surface area contributed by atoms with Gasteiger partial charge in [-0.3, -0.25) is 9.79 Å². The van der Waals surface area contributed by atoms with Crippen LogP contribution in [0.1, 0.15) is 58.3 Å². The maximum atomic E-state index is 11.5. The third-order valence-electron chi connectivity index (χ3n) is 4.32. The quantitative estimate of drug-likeness (QED) is 0.299. The molecule has 128 valence electrons. The number of hydrogen-bond acceptors (Lipinski definition) is 2. The minimum absolute atomic E-state index is 0. The summed E-state index contributed by atoms with van der Waals surface area (Å²) in [6.07, 6.45) is 9.24. The second-order valence-corrected chi connectivity index (χ2v) is 6.08. The Hall–Kier alpha value is -0.530. The Morgan fingerprint density at radius 1 is 1.27 bits per heavy atom. The minimum Gasteiger partial charge on any atom is -0.357 e. The topological polar surface area (TPSA) is 56.7 Å². The Morgan fingerprint density at radius 3 is 2.68 bits per heavy atom. The van der Waals surface area contributed by atoms with Gasteiger partial charge >= 0.3 is 0 Å². The second-order valence-electron chi connectivity index (χ2n) is 6.08. The summed E-state index contributed by atoms with van der Waals surface area (Å²) < 4.78 is 0. The van der Waals surface area contributed by atoms with Crippen LogP contribution in [0, 0.1) is 0 Å². The Labute approximate surface area is 151 Å². The van der Waals surface area contributed by atoms with Crippen molar-refractivity contribution < 1.29 is 4.79 Å². The molecule has 1 aliphatic carbocycles. The lowest BCUT2D eigenvalue weighted by Gasteiger charge is -2.25. The van der Waals surface area contributed by atoms with Gasteiger partial charge in [-0.15, -0.1) is 24.0 Å². The highest BCUT2D eigenvalue weighted by molar-refractivity contribution is 14.0. The lowest BCUT2D eigenvalue weighted by atomic mass is 9.96.